The summed E-state index contributed by atoms with van der Waals surface area (Å²) < 4.78 is 7.46. The number of likely N-dealkylation sites (N-methyl/N-ethyl adjacent to an activating group) is 1. The average Bonchev–Trinajstić information content (AvgIpc) is 2.65. The monoisotopic (exact) mass is 482 g/mol. The van der Waals surface area contributed by atoms with Crippen molar-refractivity contribution >= 4 is 43.7 Å². The fraction of sp³-hybridized carbons (Fsp3) is 0.263. The van der Waals surface area contributed by atoms with Crippen molar-refractivity contribution in [2.75, 3.05) is 13.7 Å². The summed E-state index contributed by atoms with van der Waals surface area (Å²) in [6.07, 6.45) is 0. The maximum atomic E-state index is 12.7. The van der Waals surface area contributed by atoms with E-state index in [0.29, 0.717) is 12.3 Å². The standard InChI is InChI=1S/C19H20Br2N2O3/c1-13(19(25)22-2)23(11-14-3-5-15(20)6-4-14)18(24)12-26-17-9-7-16(21)8-10-17/h3-10,13H,11-12H2,1-2H3,(H,22,25)/t13-/m0/s1. The maximum absolute atomic E-state index is 12.7. The van der Waals surface area contributed by atoms with Gasteiger partial charge in [0.2, 0.25) is 5.91 Å². The number of rotatable bonds is 7. The van der Waals surface area contributed by atoms with Crippen LogP contribution < -0.4 is 10.1 Å². The van der Waals surface area contributed by atoms with Gasteiger partial charge in [-0.05, 0) is 48.9 Å². The molecule has 2 aromatic carbocycles. The number of halogens is 2. The van der Waals surface area contributed by atoms with Crippen LogP contribution in [-0.2, 0) is 16.1 Å². The van der Waals surface area contributed by atoms with E-state index in [1.165, 1.54) is 4.90 Å². The van der Waals surface area contributed by atoms with Crippen molar-refractivity contribution in [3.05, 3.63) is 63.0 Å². The molecule has 26 heavy (non-hydrogen) atoms. The summed E-state index contributed by atoms with van der Waals surface area (Å²) >= 11 is 6.75. The Morgan fingerprint density at radius 1 is 1.04 bits per heavy atom. The molecule has 0 saturated heterocycles. The highest BCUT2D eigenvalue weighted by Crippen LogP contribution is 2.17. The number of amides is 2. The van der Waals surface area contributed by atoms with Crippen molar-refractivity contribution in [1.29, 1.82) is 0 Å². The van der Waals surface area contributed by atoms with E-state index in [9.17, 15) is 9.59 Å². The summed E-state index contributed by atoms with van der Waals surface area (Å²) in [5.74, 6) is 0.115. The Morgan fingerprint density at radius 2 is 1.58 bits per heavy atom. The van der Waals surface area contributed by atoms with Crippen LogP contribution in [0.3, 0.4) is 0 Å². The topological polar surface area (TPSA) is 58.6 Å². The molecule has 0 saturated carbocycles. The molecule has 0 bridgehead atoms. The Balaban J connectivity index is 2.10. The highest BCUT2D eigenvalue weighted by atomic mass is 79.9. The van der Waals surface area contributed by atoms with Crippen LogP contribution in [0.1, 0.15) is 12.5 Å². The van der Waals surface area contributed by atoms with Gasteiger partial charge in [-0.25, -0.2) is 0 Å². The van der Waals surface area contributed by atoms with Crippen LogP contribution in [0.15, 0.2) is 57.5 Å². The van der Waals surface area contributed by atoms with Gasteiger partial charge in [0.15, 0.2) is 6.61 Å². The fourth-order valence-electron chi connectivity index (χ4n) is 2.34. The molecule has 2 rings (SSSR count). The van der Waals surface area contributed by atoms with Crippen LogP contribution in [0.5, 0.6) is 5.75 Å². The quantitative estimate of drug-likeness (QED) is 0.652. The first-order valence-corrected chi connectivity index (χ1v) is 9.63. The second-order valence-corrected chi connectivity index (χ2v) is 7.51. The Kier molecular flexibility index (Phi) is 7.66. The molecule has 5 nitrogen and oxygen atoms in total. The van der Waals surface area contributed by atoms with E-state index < -0.39 is 6.04 Å². The zero-order valence-corrected chi connectivity index (χ0v) is 17.7. The fourth-order valence-corrected chi connectivity index (χ4v) is 2.87. The summed E-state index contributed by atoms with van der Waals surface area (Å²) in [4.78, 5) is 26.3. The SMILES string of the molecule is CNC(=O)[C@H](C)N(Cc1ccc(Br)cc1)C(=O)COc1ccc(Br)cc1. The van der Waals surface area contributed by atoms with Crippen molar-refractivity contribution in [2.24, 2.45) is 0 Å². The third-order valence-corrected chi connectivity index (χ3v) is 4.91. The largest absolute Gasteiger partial charge is 0.484 e. The molecular weight excluding hydrogens is 464 g/mol. The van der Waals surface area contributed by atoms with Crippen molar-refractivity contribution in [3.63, 3.8) is 0 Å². The number of hydrogen-bond donors (Lipinski definition) is 1. The maximum Gasteiger partial charge on any atom is 0.261 e. The van der Waals surface area contributed by atoms with E-state index in [4.69, 9.17) is 4.74 Å². The normalized spacial score (nSPS) is 11.5. The lowest BCUT2D eigenvalue weighted by molar-refractivity contribution is -0.142. The zero-order valence-electron chi connectivity index (χ0n) is 14.5. The van der Waals surface area contributed by atoms with Gasteiger partial charge in [0.25, 0.3) is 5.91 Å². The minimum atomic E-state index is -0.607. The Bertz CT molecular complexity index is 748. The summed E-state index contributed by atoms with van der Waals surface area (Å²) in [6, 6.07) is 14.3. The number of hydrogen-bond acceptors (Lipinski definition) is 3. The first-order valence-electron chi connectivity index (χ1n) is 8.04. The van der Waals surface area contributed by atoms with Crippen LogP contribution >= 0.6 is 31.9 Å². The highest BCUT2D eigenvalue weighted by Gasteiger charge is 2.25. The number of ether oxygens (including phenoxy) is 1. The number of nitrogens with zero attached hydrogens (tertiary/aromatic N) is 1. The van der Waals surface area contributed by atoms with Crippen molar-refractivity contribution < 1.29 is 14.3 Å². The van der Waals surface area contributed by atoms with E-state index in [0.717, 1.165) is 14.5 Å². The first kappa shape index (κ1) is 20.5. The predicted octanol–water partition coefficient (Wildman–Crippen LogP) is 3.75. The minimum Gasteiger partial charge on any atom is -0.484 e. The van der Waals surface area contributed by atoms with E-state index in [1.807, 2.05) is 36.4 Å². The number of benzene rings is 2. The van der Waals surface area contributed by atoms with Crippen molar-refractivity contribution in [2.45, 2.75) is 19.5 Å². The Morgan fingerprint density at radius 3 is 2.12 bits per heavy atom. The van der Waals surface area contributed by atoms with Crippen molar-refractivity contribution in [1.82, 2.24) is 10.2 Å². The molecule has 1 N–H and O–H groups in total. The van der Waals surface area contributed by atoms with Gasteiger partial charge in [0, 0.05) is 22.5 Å². The van der Waals surface area contributed by atoms with Gasteiger partial charge in [0.1, 0.15) is 11.8 Å². The summed E-state index contributed by atoms with van der Waals surface area (Å²) in [5.41, 5.74) is 0.931. The van der Waals surface area contributed by atoms with Gasteiger partial charge in [-0.15, -0.1) is 0 Å². The molecule has 0 aliphatic rings. The molecule has 0 aromatic heterocycles. The second kappa shape index (κ2) is 9.73. The van der Waals surface area contributed by atoms with Crippen LogP contribution in [0, 0.1) is 0 Å². The van der Waals surface area contributed by atoms with Crippen LogP contribution in [0.25, 0.3) is 0 Å². The summed E-state index contributed by atoms with van der Waals surface area (Å²) in [5, 5.41) is 2.59. The lowest BCUT2D eigenvalue weighted by Crippen LogP contribution is -2.48. The molecule has 2 amide bonds. The Labute approximate surface area is 170 Å². The highest BCUT2D eigenvalue weighted by molar-refractivity contribution is 9.10. The van der Waals surface area contributed by atoms with E-state index in [2.05, 4.69) is 37.2 Å². The van der Waals surface area contributed by atoms with E-state index >= 15 is 0 Å². The lowest BCUT2D eigenvalue weighted by Gasteiger charge is -2.28. The average molecular weight is 484 g/mol. The van der Waals surface area contributed by atoms with Gasteiger partial charge >= 0.3 is 0 Å². The number of carbonyl (C=O) groups excluding carboxylic acids is 2. The molecular formula is C19H20Br2N2O3. The molecule has 0 radical (unpaired) electrons. The van der Waals surface area contributed by atoms with Gasteiger partial charge in [-0.2, -0.15) is 0 Å². The molecule has 0 heterocycles. The minimum absolute atomic E-state index is 0.139. The van der Waals surface area contributed by atoms with Gasteiger partial charge in [-0.3, -0.25) is 9.59 Å². The van der Waals surface area contributed by atoms with Crippen LogP contribution in [-0.4, -0.2) is 36.4 Å². The molecule has 138 valence electrons. The molecule has 0 spiro atoms. The molecule has 0 unspecified atom stereocenters. The second-order valence-electron chi connectivity index (χ2n) is 5.68. The predicted molar refractivity (Wildman–Crippen MR) is 108 cm³/mol. The molecule has 0 fully saturated rings. The van der Waals surface area contributed by atoms with Crippen LogP contribution in [0.2, 0.25) is 0 Å². The summed E-state index contributed by atoms with van der Waals surface area (Å²) in [7, 11) is 1.56. The number of carbonyl (C=O) groups is 2. The van der Waals surface area contributed by atoms with Crippen LogP contribution in [0.4, 0.5) is 0 Å². The first-order chi connectivity index (χ1) is 12.4. The smallest absolute Gasteiger partial charge is 0.261 e. The van der Waals surface area contributed by atoms with Crippen molar-refractivity contribution in [3.8, 4) is 5.75 Å². The Hall–Kier alpha value is -1.86. The third-order valence-electron chi connectivity index (χ3n) is 3.86. The molecule has 2 aromatic rings. The van der Waals surface area contributed by atoms with Gasteiger partial charge in [-0.1, -0.05) is 44.0 Å². The molecule has 1 atom stereocenters. The van der Waals surface area contributed by atoms with E-state index in [1.54, 1.807) is 26.1 Å². The molecule has 0 aliphatic heterocycles. The third kappa shape index (κ3) is 5.85. The van der Waals surface area contributed by atoms with Gasteiger partial charge < -0.3 is 15.0 Å². The number of nitrogens with one attached hydrogen (secondary N) is 1. The zero-order chi connectivity index (χ0) is 19.1. The molecule has 7 heteroatoms. The van der Waals surface area contributed by atoms with Gasteiger partial charge in [0.05, 0.1) is 0 Å². The van der Waals surface area contributed by atoms with E-state index in [-0.39, 0.29) is 18.4 Å². The summed E-state index contributed by atoms with van der Waals surface area (Å²) in [6.45, 7) is 1.89. The molecule has 0 aliphatic carbocycles. The lowest BCUT2D eigenvalue weighted by atomic mass is 10.1.